The van der Waals surface area contributed by atoms with E-state index < -0.39 is 11.7 Å². The van der Waals surface area contributed by atoms with Crippen molar-refractivity contribution >= 4 is 39.0 Å². The van der Waals surface area contributed by atoms with Crippen molar-refractivity contribution in [3.63, 3.8) is 0 Å². The standard InChI is InChI=1S/C14H17BrN2O3/c1-17(5-3-2-4-6-18)12-8-11-9(7-10(12)15)13(19)14(20)16-11/h7-8,18H,2-6H2,1H3,(H,16,19,20). The normalized spacial score (nSPS) is 13.3. The number of carbonyl (C=O) groups is 2. The third-order valence-electron chi connectivity index (χ3n) is 3.35. The third kappa shape index (κ3) is 3.02. The van der Waals surface area contributed by atoms with Crippen LogP contribution in [0.5, 0.6) is 0 Å². The highest BCUT2D eigenvalue weighted by molar-refractivity contribution is 9.10. The van der Waals surface area contributed by atoms with Crippen molar-refractivity contribution in [1.82, 2.24) is 0 Å². The van der Waals surface area contributed by atoms with Crippen molar-refractivity contribution < 1.29 is 14.7 Å². The summed E-state index contributed by atoms with van der Waals surface area (Å²) in [6.45, 7) is 1.07. The van der Waals surface area contributed by atoms with Gasteiger partial charge in [0.2, 0.25) is 0 Å². The van der Waals surface area contributed by atoms with Gasteiger partial charge in [0.15, 0.2) is 0 Å². The molecule has 0 aromatic heterocycles. The number of Topliss-reactive ketones (excluding diaryl/α,β-unsaturated/α-hetero) is 1. The van der Waals surface area contributed by atoms with Gasteiger partial charge in [0, 0.05) is 24.7 Å². The minimum atomic E-state index is -0.574. The molecule has 0 unspecified atom stereocenters. The molecule has 1 heterocycles. The monoisotopic (exact) mass is 340 g/mol. The molecule has 0 saturated carbocycles. The first-order chi connectivity index (χ1) is 9.54. The lowest BCUT2D eigenvalue weighted by atomic mass is 10.1. The number of nitrogens with zero attached hydrogens (tertiary/aromatic N) is 1. The molecule has 2 N–H and O–H groups in total. The Hall–Kier alpha value is -1.40. The van der Waals surface area contributed by atoms with Crippen LogP contribution in [0.3, 0.4) is 0 Å². The van der Waals surface area contributed by atoms with Gasteiger partial charge in [-0.25, -0.2) is 0 Å². The van der Waals surface area contributed by atoms with Crippen molar-refractivity contribution in [2.75, 3.05) is 30.4 Å². The minimum Gasteiger partial charge on any atom is -0.396 e. The number of carbonyl (C=O) groups excluding carboxylic acids is 2. The van der Waals surface area contributed by atoms with Gasteiger partial charge in [-0.3, -0.25) is 9.59 Å². The number of unbranched alkanes of at least 4 members (excludes halogenated alkanes) is 2. The van der Waals surface area contributed by atoms with Gasteiger partial charge in [0.1, 0.15) is 0 Å². The zero-order valence-corrected chi connectivity index (χ0v) is 12.9. The van der Waals surface area contributed by atoms with Gasteiger partial charge in [0.05, 0.1) is 16.9 Å². The summed E-state index contributed by atoms with van der Waals surface area (Å²) < 4.78 is 0.797. The van der Waals surface area contributed by atoms with Crippen LogP contribution in [0.1, 0.15) is 29.6 Å². The van der Waals surface area contributed by atoms with Crippen LogP contribution in [0, 0.1) is 0 Å². The number of aliphatic hydroxyl groups is 1. The predicted octanol–water partition coefficient (Wildman–Crippen LogP) is 2.18. The molecule has 1 amide bonds. The van der Waals surface area contributed by atoms with E-state index >= 15 is 0 Å². The van der Waals surface area contributed by atoms with Gasteiger partial charge in [-0.05, 0) is 47.3 Å². The molecule has 0 spiro atoms. The van der Waals surface area contributed by atoms with E-state index in [2.05, 4.69) is 26.1 Å². The maximum Gasteiger partial charge on any atom is 0.296 e. The first-order valence-corrected chi connectivity index (χ1v) is 7.35. The van der Waals surface area contributed by atoms with Crippen LogP contribution in [0.4, 0.5) is 11.4 Å². The van der Waals surface area contributed by atoms with Crippen molar-refractivity contribution in [2.45, 2.75) is 19.3 Å². The average Bonchev–Trinajstić information content (AvgIpc) is 2.69. The second-order valence-electron chi connectivity index (χ2n) is 4.84. The van der Waals surface area contributed by atoms with Gasteiger partial charge in [0.25, 0.3) is 11.7 Å². The van der Waals surface area contributed by atoms with Crippen LogP contribution < -0.4 is 10.2 Å². The molecule has 20 heavy (non-hydrogen) atoms. The molecule has 1 aliphatic rings. The predicted molar refractivity (Wildman–Crippen MR) is 81.3 cm³/mol. The molecular formula is C14H17BrN2O3. The van der Waals surface area contributed by atoms with Gasteiger partial charge in [-0.1, -0.05) is 0 Å². The van der Waals surface area contributed by atoms with Gasteiger partial charge in [-0.2, -0.15) is 0 Å². The average molecular weight is 341 g/mol. The van der Waals surface area contributed by atoms with E-state index in [4.69, 9.17) is 5.11 Å². The largest absolute Gasteiger partial charge is 0.396 e. The van der Waals surface area contributed by atoms with Gasteiger partial charge < -0.3 is 15.3 Å². The lowest BCUT2D eigenvalue weighted by molar-refractivity contribution is -0.112. The molecule has 0 atom stereocenters. The number of ketones is 1. The number of anilines is 2. The van der Waals surface area contributed by atoms with Crippen LogP contribution in [-0.2, 0) is 4.79 Å². The van der Waals surface area contributed by atoms with Crippen LogP contribution in [0.15, 0.2) is 16.6 Å². The zero-order valence-electron chi connectivity index (χ0n) is 11.3. The van der Waals surface area contributed by atoms with E-state index in [0.717, 1.165) is 36.0 Å². The lowest BCUT2D eigenvalue weighted by Crippen LogP contribution is -2.19. The van der Waals surface area contributed by atoms with E-state index in [0.29, 0.717) is 11.3 Å². The van der Waals surface area contributed by atoms with Crippen LogP contribution in [-0.4, -0.2) is 37.0 Å². The molecule has 108 valence electrons. The molecular weight excluding hydrogens is 324 g/mol. The summed E-state index contributed by atoms with van der Waals surface area (Å²) in [6, 6.07) is 3.50. The molecule has 0 fully saturated rings. The summed E-state index contributed by atoms with van der Waals surface area (Å²) in [6.07, 6.45) is 2.76. The fourth-order valence-electron chi connectivity index (χ4n) is 2.21. The number of nitrogens with one attached hydrogen (secondary N) is 1. The topological polar surface area (TPSA) is 69.6 Å². The first kappa shape index (κ1) is 15.0. The Kier molecular flexibility index (Phi) is 4.77. The molecule has 1 aromatic rings. The molecule has 0 aliphatic carbocycles. The number of hydrogen-bond donors (Lipinski definition) is 2. The van der Waals surface area contributed by atoms with Crippen LogP contribution in [0.25, 0.3) is 0 Å². The molecule has 0 bridgehead atoms. The summed E-state index contributed by atoms with van der Waals surface area (Å²) in [5.74, 6) is -1.06. The highest BCUT2D eigenvalue weighted by Crippen LogP contribution is 2.34. The fourth-order valence-corrected chi connectivity index (χ4v) is 2.85. The number of fused-ring (bicyclic) bond motifs is 1. The van der Waals surface area contributed by atoms with Crippen molar-refractivity contribution in [2.24, 2.45) is 0 Å². The summed E-state index contributed by atoms with van der Waals surface area (Å²) in [5, 5.41) is 11.3. The molecule has 2 rings (SSSR count). The Morgan fingerprint density at radius 1 is 1.25 bits per heavy atom. The molecule has 5 nitrogen and oxygen atoms in total. The number of rotatable bonds is 6. The first-order valence-electron chi connectivity index (χ1n) is 6.56. The van der Waals surface area contributed by atoms with E-state index in [1.165, 1.54) is 0 Å². The fraction of sp³-hybridized carbons (Fsp3) is 0.429. The summed E-state index contributed by atoms with van der Waals surface area (Å²) in [4.78, 5) is 25.0. The molecule has 0 radical (unpaired) electrons. The summed E-state index contributed by atoms with van der Waals surface area (Å²) in [5.41, 5.74) is 1.92. The molecule has 1 aliphatic heterocycles. The van der Waals surface area contributed by atoms with Gasteiger partial charge >= 0.3 is 0 Å². The van der Waals surface area contributed by atoms with Crippen molar-refractivity contribution in [3.05, 3.63) is 22.2 Å². The SMILES string of the molecule is CN(CCCCCO)c1cc2c(cc1Br)C(=O)C(=O)N2. The number of halogens is 1. The molecule has 1 aromatic carbocycles. The third-order valence-corrected chi connectivity index (χ3v) is 3.98. The highest BCUT2D eigenvalue weighted by atomic mass is 79.9. The van der Waals surface area contributed by atoms with E-state index in [1.54, 1.807) is 6.07 Å². The van der Waals surface area contributed by atoms with Crippen molar-refractivity contribution in [3.8, 4) is 0 Å². The van der Waals surface area contributed by atoms with E-state index in [1.807, 2.05) is 13.1 Å². The van der Waals surface area contributed by atoms with Crippen LogP contribution in [0.2, 0.25) is 0 Å². The maximum atomic E-state index is 11.6. The second kappa shape index (κ2) is 6.37. The Balaban J connectivity index is 2.11. The maximum absolute atomic E-state index is 11.6. The lowest BCUT2D eigenvalue weighted by Gasteiger charge is -2.21. The molecule has 6 heteroatoms. The van der Waals surface area contributed by atoms with Gasteiger partial charge in [-0.15, -0.1) is 0 Å². The summed E-state index contributed by atoms with van der Waals surface area (Å²) in [7, 11) is 1.96. The number of amides is 1. The smallest absolute Gasteiger partial charge is 0.296 e. The zero-order chi connectivity index (χ0) is 14.7. The van der Waals surface area contributed by atoms with Crippen molar-refractivity contribution in [1.29, 1.82) is 0 Å². The second-order valence-corrected chi connectivity index (χ2v) is 5.69. The highest BCUT2D eigenvalue weighted by Gasteiger charge is 2.29. The Bertz CT molecular complexity index is 545. The number of aliphatic hydroxyl groups excluding tert-OH is 1. The quantitative estimate of drug-likeness (QED) is 0.615. The molecule has 0 saturated heterocycles. The van der Waals surface area contributed by atoms with Crippen LogP contribution >= 0.6 is 15.9 Å². The van der Waals surface area contributed by atoms with E-state index in [-0.39, 0.29) is 6.61 Å². The Morgan fingerprint density at radius 2 is 2.00 bits per heavy atom. The Morgan fingerprint density at radius 3 is 2.70 bits per heavy atom. The number of hydrogen-bond acceptors (Lipinski definition) is 4. The number of benzene rings is 1. The summed E-state index contributed by atoms with van der Waals surface area (Å²) >= 11 is 3.45. The minimum absolute atomic E-state index is 0.223. The Labute approximate surface area is 126 Å². The van der Waals surface area contributed by atoms with E-state index in [9.17, 15) is 9.59 Å².